The summed E-state index contributed by atoms with van der Waals surface area (Å²) in [7, 11) is 0. The number of fused-ring (bicyclic) bond motifs is 1. The number of halogens is 2. The Bertz CT molecular complexity index is 617. The maximum Gasteiger partial charge on any atom is 0.126 e. The molecule has 2 aromatic rings. The van der Waals surface area contributed by atoms with Crippen LogP contribution in [0.5, 0.6) is 5.75 Å². The maximum absolute atomic E-state index is 6.25. The zero-order valence-corrected chi connectivity index (χ0v) is 12.5. The first kappa shape index (κ1) is 13.0. The molecule has 1 aliphatic heterocycles. The van der Waals surface area contributed by atoms with E-state index in [1.165, 1.54) is 0 Å². The summed E-state index contributed by atoms with van der Waals surface area (Å²) in [6, 6.07) is 13.7. The van der Waals surface area contributed by atoms with Crippen molar-refractivity contribution in [2.45, 2.75) is 18.6 Å². The van der Waals surface area contributed by atoms with Crippen LogP contribution >= 0.6 is 27.5 Å². The van der Waals surface area contributed by atoms with E-state index < -0.39 is 0 Å². The minimum atomic E-state index is -0.0395. The van der Waals surface area contributed by atoms with E-state index in [-0.39, 0.29) is 12.1 Å². The first-order chi connectivity index (χ1) is 9.13. The summed E-state index contributed by atoms with van der Waals surface area (Å²) in [4.78, 5) is 0. The highest BCUT2D eigenvalue weighted by molar-refractivity contribution is 9.10. The van der Waals surface area contributed by atoms with Crippen molar-refractivity contribution in [3.8, 4) is 5.75 Å². The van der Waals surface area contributed by atoms with Crippen LogP contribution in [0.25, 0.3) is 0 Å². The second kappa shape index (κ2) is 5.16. The van der Waals surface area contributed by atoms with Crippen LogP contribution in [-0.2, 0) is 0 Å². The van der Waals surface area contributed by atoms with Gasteiger partial charge in [0.25, 0.3) is 0 Å². The van der Waals surface area contributed by atoms with Crippen LogP contribution in [0.1, 0.15) is 29.7 Å². The Hall–Kier alpha value is -1.03. The van der Waals surface area contributed by atoms with Gasteiger partial charge in [-0.25, -0.2) is 0 Å². The molecule has 0 amide bonds. The molecule has 0 saturated heterocycles. The molecule has 4 heteroatoms. The first-order valence-electron chi connectivity index (χ1n) is 6.10. The van der Waals surface area contributed by atoms with Crippen LogP contribution in [0.4, 0.5) is 0 Å². The predicted molar refractivity (Wildman–Crippen MR) is 80.5 cm³/mol. The van der Waals surface area contributed by atoms with Crippen molar-refractivity contribution >= 4 is 27.5 Å². The highest BCUT2D eigenvalue weighted by atomic mass is 79.9. The average molecular weight is 339 g/mol. The third-order valence-electron chi connectivity index (χ3n) is 3.33. The molecule has 0 bridgehead atoms. The van der Waals surface area contributed by atoms with Crippen LogP contribution in [0, 0.1) is 0 Å². The molecule has 2 nitrogen and oxygen atoms in total. The molecule has 0 radical (unpaired) electrons. The number of ether oxygens (including phenoxy) is 1. The highest BCUT2D eigenvalue weighted by Crippen LogP contribution is 2.40. The smallest absolute Gasteiger partial charge is 0.126 e. The van der Waals surface area contributed by atoms with E-state index in [1.54, 1.807) is 0 Å². The molecule has 1 heterocycles. The fraction of sp³-hybridized carbons (Fsp3) is 0.200. The van der Waals surface area contributed by atoms with Crippen molar-refractivity contribution in [2.75, 3.05) is 0 Å². The molecule has 3 rings (SSSR count). The molecule has 0 spiro atoms. The van der Waals surface area contributed by atoms with Gasteiger partial charge in [-0.05, 0) is 35.9 Å². The summed E-state index contributed by atoms with van der Waals surface area (Å²) >= 11 is 9.49. The zero-order chi connectivity index (χ0) is 13.4. The zero-order valence-electron chi connectivity index (χ0n) is 10.1. The number of hydrogen-bond acceptors (Lipinski definition) is 2. The Morgan fingerprint density at radius 3 is 2.84 bits per heavy atom. The van der Waals surface area contributed by atoms with Gasteiger partial charge in [-0.15, -0.1) is 0 Å². The van der Waals surface area contributed by atoms with Crippen molar-refractivity contribution in [3.05, 3.63) is 63.1 Å². The summed E-state index contributed by atoms with van der Waals surface area (Å²) in [5.41, 5.74) is 8.36. The quantitative estimate of drug-likeness (QED) is 0.823. The number of rotatable bonds is 1. The van der Waals surface area contributed by atoms with Crippen molar-refractivity contribution in [1.29, 1.82) is 0 Å². The molecule has 2 unspecified atom stereocenters. The van der Waals surface area contributed by atoms with E-state index in [0.717, 1.165) is 32.8 Å². The lowest BCUT2D eigenvalue weighted by molar-refractivity contribution is 0.161. The normalized spacial score (nSPS) is 21.6. The summed E-state index contributed by atoms with van der Waals surface area (Å²) < 4.78 is 7.06. The van der Waals surface area contributed by atoms with E-state index in [1.807, 2.05) is 42.5 Å². The Kier molecular flexibility index (Phi) is 3.52. The summed E-state index contributed by atoms with van der Waals surface area (Å²) in [5, 5.41) is 0.719. The van der Waals surface area contributed by atoms with E-state index >= 15 is 0 Å². The van der Waals surface area contributed by atoms with Crippen LogP contribution < -0.4 is 10.5 Å². The third-order valence-corrected chi connectivity index (χ3v) is 4.06. The lowest BCUT2D eigenvalue weighted by Crippen LogP contribution is -2.24. The first-order valence-corrected chi connectivity index (χ1v) is 7.28. The Morgan fingerprint density at radius 2 is 2.05 bits per heavy atom. The number of hydrogen-bond donors (Lipinski definition) is 1. The lowest BCUT2D eigenvalue weighted by atomic mass is 9.94. The Labute approximate surface area is 125 Å². The van der Waals surface area contributed by atoms with Gasteiger partial charge in [-0.3, -0.25) is 0 Å². The molecule has 2 aromatic carbocycles. The number of nitrogens with two attached hydrogens (primary N) is 1. The summed E-state index contributed by atoms with van der Waals surface area (Å²) in [5.74, 6) is 0.854. The largest absolute Gasteiger partial charge is 0.485 e. The third kappa shape index (κ3) is 2.64. The van der Waals surface area contributed by atoms with Gasteiger partial charge < -0.3 is 10.5 Å². The van der Waals surface area contributed by atoms with Crippen molar-refractivity contribution in [3.63, 3.8) is 0 Å². The van der Waals surface area contributed by atoms with Gasteiger partial charge in [0.05, 0.1) is 0 Å². The van der Waals surface area contributed by atoms with Gasteiger partial charge in [0, 0.05) is 27.5 Å². The van der Waals surface area contributed by atoms with Gasteiger partial charge >= 0.3 is 0 Å². The molecule has 0 fully saturated rings. The Morgan fingerprint density at radius 1 is 1.21 bits per heavy atom. The second-order valence-corrected chi connectivity index (χ2v) is 6.04. The molecule has 19 heavy (non-hydrogen) atoms. The van der Waals surface area contributed by atoms with Crippen molar-refractivity contribution in [2.24, 2.45) is 5.73 Å². The van der Waals surface area contributed by atoms with E-state index in [0.29, 0.717) is 0 Å². The van der Waals surface area contributed by atoms with Crippen LogP contribution in [-0.4, -0.2) is 0 Å². The fourth-order valence-electron chi connectivity index (χ4n) is 2.39. The average Bonchev–Trinajstić information content (AvgIpc) is 2.39. The SMILES string of the molecule is NC1CC(c2cccc(Cl)c2)Oc2ccc(Br)cc21. The highest BCUT2D eigenvalue weighted by Gasteiger charge is 2.27. The molecule has 1 aliphatic rings. The lowest BCUT2D eigenvalue weighted by Gasteiger charge is -2.30. The summed E-state index contributed by atoms with van der Waals surface area (Å²) in [6.45, 7) is 0. The monoisotopic (exact) mass is 337 g/mol. The van der Waals surface area contributed by atoms with Crippen LogP contribution in [0.3, 0.4) is 0 Å². The van der Waals surface area contributed by atoms with Crippen LogP contribution in [0.15, 0.2) is 46.9 Å². The topological polar surface area (TPSA) is 35.2 Å². The fourth-order valence-corrected chi connectivity index (χ4v) is 2.96. The van der Waals surface area contributed by atoms with E-state index in [2.05, 4.69) is 15.9 Å². The molecule has 98 valence electrons. The molecular weight excluding hydrogens is 326 g/mol. The Balaban J connectivity index is 1.95. The number of benzene rings is 2. The van der Waals surface area contributed by atoms with Gasteiger partial charge in [0.15, 0.2) is 0 Å². The van der Waals surface area contributed by atoms with E-state index in [4.69, 9.17) is 22.1 Å². The van der Waals surface area contributed by atoms with Crippen molar-refractivity contribution in [1.82, 2.24) is 0 Å². The van der Waals surface area contributed by atoms with Crippen molar-refractivity contribution < 1.29 is 4.74 Å². The molecule has 0 saturated carbocycles. The molecule has 0 aliphatic carbocycles. The molecule has 2 N–H and O–H groups in total. The second-order valence-electron chi connectivity index (χ2n) is 4.69. The molecular formula is C15H13BrClNO. The van der Waals surface area contributed by atoms with Crippen LogP contribution in [0.2, 0.25) is 5.02 Å². The molecule has 2 atom stereocenters. The van der Waals surface area contributed by atoms with E-state index in [9.17, 15) is 0 Å². The van der Waals surface area contributed by atoms with Gasteiger partial charge in [0.1, 0.15) is 11.9 Å². The van der Waals surface area contributed by atoms with Gasteiger partial charge in [0.2, 0.25) is 0 Å². The standard InChI is InChI=1S/C15H13BrClNO/c16-10-4-5-14-12(7-10)13(18)8-15(19-14)9-2-1-3-11(17)6-9/h1-7,13,15H,8,18H2. The molecule has 0 aromatic heterocycles. The summed E-state index contributed by atoms with van der Waals surface area (Å²) in [6.07, 6.45) is 0.714. The minimum Gasteiger partial charge on any atom is -0.485 e. The van der Waals surface area contributed by atoms with Gasteiger partial charge in [-0.2, -0.15) is 0 Å². The van der Waals surface area contributed by atoms with Gasteiger partial charge in [-0.1, -0.05) is 39.7 Å². The minimum absolute atomic E-state index is 0.0229. The maximum atomic E-state index is 6.25. The predicted octanol–water partition coefficient (Wildman–Crippen LogP) is 4.63.